The monoisotopic (exact) mass is 319 g/mol. The van der Waals surface area contributed by atoms with E-state index in [1.165, 1.54) is 4.88 Å². The molecule has 96 valence electrons. The van der Waals surface area contributed by atoms with Crippen molar-refractivity contribution >= 4 is 27.3 Å². The highest BCUT2D eigenvalue weighted by atomic mass is 79.9. The van der Waals surface area contributed by atoms with Gasteiger partial charge in [-0.15, -0.1) is 11.3 Å². The SMILES string of the molecule is CC(NCC1(O)CCOCC1)c1sccc1Br. The first kappa shape index (κ1) is 13.5. The fourth-order valence-corrected chi connectivity index (χ4v) is 3.73. The minimum absolute atomic E-state index is 0.260. The Balaban J connectivity index is 1.87. The van der Waals surface area contributed by atoms with Crippen molar-refractivity contribution in [3.63, 3.8) is 0 Å². The number of thiophene rings is 1. The number of aliphatic hydroxyl groups is 1. The molecule has 1 aliphatic rings. The Morgan fingerprint density at radius 3 is 2.88 bits per heavy atom. The van der Waals surface area contributed by atoms with Gasteiger partial charge in [0, 0.05) is 48.0 Å². The second-order valence-electron chi connectivity index (χ2n) is 4.57. The molecule has 0 amide bonds. The Morgan fingerprint density at radius 2 is 2.29 bits per heavy atom. The highest BCUT2D eigenvalue weighted by Crippen LogP contribution is 2.29. The van der Waals surface area contributed by atoms with Crippen molar-refractivity contribution in [3.8, 4) is 0 Å². The molecule has 1 aliphatic heterocycles. The van der Waals surface area contributed by atoms with Crippen LogP contribution in [0.3, 0.4) is 0 Å². The number of hydrogen-bond donors (Lipinski definition) is 2. The van der Waals surface area contributed by atoms with Crippen molar-refractivity contribution in [1.82, 2.24) is 5.32 Å². The number of hydrogen-bond acceptors (Lipinski definition) is 4. The fraction of sp³-hybridized carbons (Fsp3) is 0.667. The van der Waals surface area contributed by atoms with Gasteiger partial charge in [0.1, 0.15) is 0 Å². The first-order valence-corrected chi connectivity index (χ1v) is 7.54. The van der Waals surface area contributed by atoms with E-state index >= 15 is 0 Å². The number of nitrogens with one attached hydrogen (secondary N) is 1. The third kappa shape index (κ3) is 3.51. The van der Waals surface area contributed by atoms with Crippen LogP contribution in [-0.2, 0) is 4.74 Å². The summed E-state index contributed by atoms with van der Waals surface area (Å²) in [5, 5.41) is 15.8. The lowest BCUT2D eigenvalue weighted by Crippen LogP contribution is -2.45. The van der Waals surface area contributed by atoms with Crippen LogP contribution in [0.4, 0.5) is 0 Å². The van der Waals surface area contributed by atoms with Crippen LogP contribution in [0.1, 0.15) is 30.7 Å². The quantitative estimate of drug-likeness (QED) is 0.896. The minimum atomic E-state index is -0.601. The normalized spacial score (nSPS) is 21.4. The van der Waals surface area contributed by atoms with Crippen molar-refractivity contribution in [2.75, 3.05) is 19.8 Å². The zero-order valence-corrected chi connectivity index (χ0v) is 12.3. The largest absolute Gasteiger partial charge is 0.388 e. The maximum absolute atomic E-state index is 10.3. The average Bonchev–Trinajstić information content (AvgIpc) is 2.74. The Morgan fingerprint density at radius 1 is 1.59 bits per heavy atom. The molecule has 0 spiro atoms. The van der Waals surface area contributed by atoms with Crippen molar-refractivity contribution < 1.29 is 9.84 Å². The molecule has 0 aliphatic carbocycles. The molecule has 1 saturated heterocycles. The van der Waals surface area contributed by atoms with Crippen LogP contribution in [0.25, 0.3) is 0 Å². The van der Waals surface area contributed by atoms with E-state index in [0.717, 1.165) is 17.3 Å². The number of halogens is 1. The van der Waals surface area contributed by atoms with Crippen molar-refractivity contribution in [2.45, 2.75) is 31.4 Å². The Labute approximate surface area is 114 Å². The first-order valence-electron chi connectivity index (χ1n) is 5.87. The van der Waals surface area contributed by atoms with Crippen molar-refractivity contribution in [2.24, 2.45) is 0 Å². The average molecular weight is 320 g/mol. The summed E-state index contributed by atoms with van der Waals surface area (Å²) in [6.45, 7) is 4.08. The second-order valence-corrected chi connectivity index (χ2v) is 6.37. The summed E-state index contributed by atoms with van der Waals surface area (Å²) in [6, 6.07) is 2.32. The Kier molecular flexibility index (Phi) is 4.60. The van der Waals surface area contributed by atoms with Crippen molar-refractivity contribution in [3.05, 3.63) is 20.8 Å². The molecule has 2 N–H and O–H groups in total. The van der Waals surface area contributed by atoms with Gasteiger partial charge in [-0.1, -0.05) is 0 Å². The fourth-order valence-electron chi connectivity index (χ4n) is 1.98. The maximum atomic E-state index is 10.3. The molecule has 17 heavy (non-hydrogen) atoms. The summed E-state index contributed by atoms with van der Waals surface area (Å²) in [4.78, 5) is 1.28. The highest BCUT2D eigenvalue weighted by molar-refractivity contribution is 9.10. The van der Waals surface area contributed by atoms with Gasteiger partial charge in [0.05, 0.1) is 5.60 Å². The van der Waals surface area contributed by atoms with E-state index in [-0.39, 0.29) is 6.04 Å². The van der Waals surface area contributed by atoms with Gasteiger partial charge in [-0.05, 0) is 34.3 Å². The summed E-state index contributed by atoms with van der Waals surface area (Å²) < 4.78 is 6.41. The zero-order chi connectivity index (χ0) is 12.3. The predicted octanol–water partition coefficient (Wildman–Crippen LogP) is 2.70. The van der Waals surface area contributed by atoms with E-state index in [0.29, 0.717) is 19.8 Å². The maximum Gasteiger partial charge on any atom is 0.0815 e. The Hall–Kier alpha value is 0.0600. The van der Waals surface area contributed by atoms with Gasteiger partial charge in [0.25, 0.3) is 0 Å². The first-order chi connectivity index (χ1) is 8.11. The van der Waals surface area contributed by atoms with Crippen molar-refractivity contribution in [1.29, 1.82) is 0 Å². The van der Waals surface area contributed by atoms with Crippen LogP contribution in [-0.4, -0.2) is 30.5 Å². The molecule has 2 rings (SSSR count). The van der Waals surface area contributed by atoms with Crippen LogP contribution in [0, 0.1) is 0 Å². The van der Waals surface area contributed by atoms with E-state index in [2.05, 4.69) is 39.6 Å². The molecule has 1 atom stereocenters. The third-order valence-corrected chi connectivity index (χ3v) is 5.25. The summed E-state index contributed by atoms with van der Waals surface area (Å²) >= 11 is 5.26. The minimum Gasteiger partial charge on any atom is -0.388 e. The third-order valence-electron chi connectivity index (χ3n) is 3.20. The molecule has 0 aromatic carbocycles. The standard InChI is InChI=1S/C12H18BrNO2S/c1-9(11-10(13)2-7-17-11)14-8-12(15)3-5-16-6-4-12/h2,7,9,14-15H,3-6,8H2,1H3. The topological polar surface area (TPSA) is 41.5 Å². The molecule has 5 heteroatoms. The number of ether oxygens (including phenoxy) is 1. The molecule has 1 aromatic rings. The van der Waals surface area contributed by atoms with E-state index < -0.39 is 5.60 Å². The molecule has 2 heterocycles. The molecule has 0 bridgehead atoms. The van der Waals surface area contributed by atoms with Gasteiger partial charge in [-0.25, -0.2) is 0 Å². The molecule has 1 aromatic heterocycles. The second kappa shape index (κ2) is 5.80. The molecule has 0 radical (unpaired) electrons. The lowest BCUT2D eigenvalue weighted by atomic mass is 9.94. The van der Waals surface area contributed by atoms with Gasteiger partial charge >= 0.3 is 0 Å². The smallest absolute Gasteiger partial charge is 0.0815 e. The molecular formula is C12H18BrNO2S. The van der Waals surface area contributed by atoms with E-state index in [9.17, 15) is 5.11 Å². The van der Waals surface area contributed by atoms with Crippen LogP contribution in [0.2, 0.25) is 0 Å². The summed E-state index contributed by atoms with van der Waals surface area (Å²) in [5.74, 6) is 0. The molecular weight excluding hydrogens is 302 g/mol. The molecule has 1 fully saturated rings. The zero-order valence-electron chi connectivity index (χ0n) is 9.91. The molecule has 3 nitrogen and oxygen atoms in total. The summed E-state index contributed by atoms with van der Waals surface area (Å²) in [5.41, 5.74) is -0.601. The van der Waals surface area contributed by atoms with Gasteiger partial charge in [-0.3, -0.25) is 0 Å². The van der Waals surface area contributed by atoms with Crippen LogP contribution in [0.15, 0.2) is 15.9 Å². The van der Waals surface area contributed by atoms with Crippen LogP contribution >= 0.6 is 27.3 Å². The van der Waals surface area contributed by atoms with Gasteiger partial charge in [-0.2, -0.15) is 0 Å². The van der Waals surface area contributed by atoms with E-state index in [1.807, 2.05) is 0 Å². The van der Waals surface area contributed by atoms with E-state index in [1.54, 1.807) is 11.3 Å². The summed E-state index contributed by atoms with van der Waals surface area (Å²) in [7, 11) is 0. The summed E-state index contributed by atoms with van der Waals surface area (Å²) in [6.07, 6.45) is 1.44. The lowest BCUT2D eigenvalue weighted by molar-refractivity contribution is -0.0625. The van der Waals surface area contributed by atoms with Crippen LogP contribution in [0.5, 0.6) is 0 Å². The van der Waals surface area contributed by atoms with Gasteiger partial charge in [0.2, 0.25) is 0 Å². The lowest BCUT2D eigenvalue weighted by Gasteiger charge is -2.33. The molecule has 0 saturated carbocycles. The Bertz CT molecular complexity index is 363. The van der Waals surface area contributed by atoms with E-state index in [4.69, 9.17) is 4.74 Å². The van der Waals surface area contributed by atoms with Gasteiger partial charge < -0.3 is 15.2 Å². The number of rotatable bonds is 4. The molecule has 1 unspecified atom stereocenters. The predicted molar refractivity (Wildman–Crippen MR) is 73.4 cm³/mol. The highest BCUT2D eigenvalue weighted by Gasteiger charge is 2.30. The van der Waals surface area contributed by atoms with Gasteiger partial charge in [0.15, 0.2) is 0 Å². The van der Waals surface area contributed by atoms with Crippen LogP contribution < -0.4 is 5.32 Å².